The first-order valence-electron chi connectivity index (χ1n) is 4.75. The maximum Gasteiger partial charge on any atom is 0.240 e. The van der Waals surface area contributed by atoms with E-state index in [-0.39, 0.29) is 5.91 Å². The lowest BCUT2D eigenvalue weighted by Crippen LogP contribution is -2.34. The fourth-order valence-electron chi connectivity index (χ4n) is 1.07. The predicted molar refractivity (Wildman–Crippen MR) is 62.2 cm³/mol. The van der Waals surface area contributed by atoms with Crippen LogP contribution in [0.4, 0.5) is 5.13 Å². The van der Waals surface area contributed by atoms with Crippen LogP contribution in [0.15, 0.2) is 11.6 Å². The molecular weight excluding hydrogens is 212 g/mol. The molecule has 1 aromatic heterocycles. The first-order chi connectivity index (χ1) is 7.22. The first-order valence-corrected chi connectivity index (χ1v) is 5.63. The number of nitrogens with zero attached hydrogens (tertiary/aromatic N) is 2. The smallest absolute Gasteiger partial charge is 0.240 e. The second kappa shape index (κ2) is 6.49. The van der Waals surface area contributed by atoms with E-state index in [4.69, 9.17) is 0 Å². The summed E-state index contributed by atoms with van der Waals surface area (Å²) in [6, 6.07) is 0. The van der Waals surface area contributed by atoms with E-state index in [0.29, 0.717) is 11.7 Å². The van der Waals surface area contributed by atoms with Gasteiger partial charge in [0, 0.05) is 24.7 Å². The van der Waals surface area contributed by atoms with Crippen LogP contribution in [0.5, 0.6) is 0 Å². The molecule has 5 nitrogen and oxygen atoms in total. The van der Waals surface area contributed by atoms with Gasteiger partial charge in [0.25, 0.3) is 0 Å². The molecule has 0 saturated heterocycles. The third-order valence-corrected chi connectivity index (χ3v) is 2.52. The van der Waals surface area contributed by atoms with Crippen molar-refractivity contribution in [2.24, 2.45) is 0 Å². The molecule has 0 aliphatic heterocycles. The Kier molecular flexibility index (Phi) is 5.23. The van der Waals surface area contributed by atoms with Crippen molar-refractivity contribution in [1.29, 1.82) is 0 Å². The Morgan fingerprint density at radius 1 is 1.67 bits per heavy atom. The number of aromatic nitrogens is 1. The molecule has 0 aromatic carbocycles. The van der Waals surface area contributed by atoms with Crippen molar-refractivity contribution in [3.8, 4) is 0 Å². The standard InChI is InChI=1S/C9H16N4OS/c1-10-3-5-13(2)7-8(14)12-9-11-4-6-15-9/h4,6,10H,3,5,7H2,1-2H3,(H,11,12,14). The van der Waals surface area contributed by atoms with Crippen molar-refractivity contribution in [2.75, 3.05) is 39.0 Å². The highest BCUT2D eigenvalue weighted by molar-refractivity contribution is 7.13. The van der Waals surface area contributed by atoms with E-state index in [9.17, 15) is 4.79 Å². The Balaban J connectivity index is 2.23. The van der Waals surface area contributed by atoms with E-state index >= 15 is 0 Å². The SMILES string of the molecule is CNCCN(C)CC(=O)Nc1nccs1. The van der Waals surface area contributed by atoms with Crippen molar-refractivity contribution in [3.05, 3.63) is 11.6 Å². The Morgan fingerprint density at radius 2 is 2.47 bits per heavy atom. The van der Waals surface area contributed by atoms with Crippen LogP contribution in [0.25, 0.3) is 0 Å². The molecule has 0 radical (unpaired) electrons. The number of likely N-dealkylation sites (N-methyl/N-ethyl adjacent to an activating group) is 2. The van der Waals surface area contributed by atoms with E-state index in [1.807, 2.05) is 24.4 Å². The van der Waals surface area contributed by atoms with Crippen LogP contribution in [0, 0.1) is 0 Å². The number of carbonyl (C=O) groups excluding carboxylic acids is 1. The zero-order valence-electron chi connectivity index (χ0n) is 8.99. The average molecular weight is 228 g/mol. The van der Waals surface area contributed by atoms with Gasteiger partial charge in [0.15, 0.2) is 5.13 Å². The van der Waals surface area contributed by atoms with Gasteiger partial charge in [0.1, 0.15) is 0 Å². The van der Waals surface area contributed by atoms with Crippen molar-refractivity contribution in [3.63, 3.8) is 0 Å². The molecule has 6 heteroatoms. The zero-order chi connectivity index (χ0) is 11.1. The lowest BCUT2D eigenvalue weighted by atomic mass is 10.5. The highest BCUT2D eigenvalue weighted by Crippen LogP contribution is 2.09. The number of rotatable bonds is 6. The largest absolute Gasteiger partial charge is 0.318 e. The normalized spacial score (nSPS) is 10.6. The summed E-state index contributed by atoms with van der Waals surface area (Å²) in [6.45, 7) is 2.12. The lowest BCUT2D eigenvalue weighted by molar-refractivity contribution is -0.117. The van der Waals surface area contributed by atoms with E-state index in [2.05, 4.69) is 15.6 Å². The third kappa shape index (κ3) is 4.87. The average Bonchev–Trinajstić information content (AvgIpc) is 2.67. The number of carbonyl (C=O) groups is 1. The monoisotopic (exact) mass is 228 g/mol. The summed E-state index contributed by atoms with van der Waals surface area (Å²) in [4.78, 5) is 17.4. The van der Waals surface area contributed by atoms with Crippen LogP contribution >= 0.6 is 11.3 Å². The summed E-state index contributed by atoms with van der Waals surface area (Å²) in [5.41, 5.74) is 0. The number of anilines is 1. The van der Waals surface area contributed by atoms with Gasteiger partial charge in [-0.25, -0.2) is 4.98 Å². The maximum atomic E-state index is 11.5. The lowest BCUT2D eigenvalue weighted by Gasteiger charge is -2.14. The highest BCUT2D eigenvalue weighted by atomic mass is 32.1. The fourth-order valence-corrected chi connectivity index (χ4v) is 1.62. The van der Waals surface area contributed by atoms with Gasteiger partial charge < -0.3 is 10.6 Å². The minimum atomic E-state index is -0.0245. The Hall–Kier alpha value is -0.980. The van der Waals surface area contributed by atoms with Crippen molar-refractivity contribution in [2.45, 2.75) is 0 Å². The predicted octanol–water partition coefficient (Wildman–Crippen LogP) is 0.233. The fraction of sp³-hybridized carbons (Fsp3) is 0.556. The van der Waals surface area contributed by atoms with Gasteiger partial charge in [-0.2, -0.15) is 0 Å². The van der Waals surface area contributed by atoms with Crippen LogP contribution in [0.1, 0.15) is 0 Å². The summed E-state index contributed by atoms with van der Waals surface area (Å²) in [7, 11) is 3.81. The Morgan fingerprint density at radius 3 is 3.07 bits per heavy atom. The zero-order valence-corrected chi connectivity index (χ0v) is 9.80. The molecule has 0 saturated carbocycles. The number of amides is 1. The molecule has 2 N–H and O–H groups in total. The van der Waals surface area contributed by atoms with Gasteiger partial charge in [-0.05, 0) is 14.1 Å². The quantitative estimate of drug-likeness (QED) is 0.732. The maximum absolute atomic E-state index is 11.5. The van der Waals surface area contributed by atoms with E-state index in [0.717, 1.165) is 13.1 Å². The summed E-state index contributed by atoms with van der Waals surface area (Å²) in [6.07, 6.45) is 1.67. The van der Waals surface area contributed by atoms with Crippen LogP contribution in [-0.4, -0.2) is 49.5 Å². The van der Waals surface area contributed by atoms with E-state index < -0.39 is 0 Å². The van der Waals surface area contributed by atoms with Gasteiger partial charge in [-0.15, -0.1) is 11.3 Å². The molecule has 1 amide bonds. The summed E-state index contributed by atoms with van der Waals surface area (Å²) in [5.74, 6) is -0.0245. The molecule has 84 valence electrons. The molecule has 0 aliphatic carbocycles. The van der Waals surface area contributed by atoms with Gasteiger partial charge in [0.05, 0.1) is 6.54 Å². The van der Waals surface area contributed by atoms with Crippen molar-refractivity contribution < 1.29 is 4.79 Å². The molecule has 0 spiro atoms. The third-order valence-electron chi connectivity index (χ3n) is 1.84. The molecule has 0 unspecified atom stereocenters. The van der Waals surface area contributed by atoms with Crippen molar-refractivity contribution >= 4 is 22.4 Å². The summed E-state index contributed by atoms with van der Waals surface area (Å²) < 4.78 is 0. The minimum Gasteiger partial charge on any atom is -0.318 e. The summed E-state index contributed by atoms with van der Waals surface area (Å²) >= 11 is 1.42. The van der Waals surface area contributed by atoms with E-state index in [1.54, 1.807) is 6.20 Å². The van der Waals surface area contributed by atoms with Crippen LogP contribution in [-0.2, 0) is 4.79 Å². The topological polar surface area (TPSA) is 57.3 Å². The second-order valence-corrected chi connectivity index (χ2v) is 4.12. The molecule has 1 aromatic rings. The first kappa shape index (κ1) is 12.1. The summed E-state index contributed by atoms with van der Waals surface area (Å²) in [5, 5.41) is 8.26. The molecule has 0 bridgehead atoms. The molecular formula is C9H16N4OS. The Labute approximate surface area is 93.5 Å². The molecule has 0 aliphatic rings. The van der Waals surface area contributed by atoms with Crippen LogP contribution in [0.2, 0.25) is 0 Å². The van der Waals surface area contributed by atoms with Crippen molar-refractivity contribution in [1.82, 2.24) is 15.2 Å². The molecule has 0 atom stereocenters. The molecule has 0 fully saturated rings. The van der Waals surface area contributed by atoms with E-state index in [1.165, 1.54) is 11.3 Å². The van der Waals surface area contributed by atoms with Crippen LogP contribution in [0.3, 0.4) is 0 Å². The number of hydrogen-bond acceptors (Lipinski definition) is 5. The number of nitrogens with one attached hydrogen (secondary N) is 2. The number of thiazole rings is 1. The minimum absolute atomic E-state index is 0.0245. The molecule has 15 heavy (non-hydrogen) atoms. The van der Waals surface area contributed by atoms with Gasteiger partial charge in [-0.3, -0.25) is 9.69 Å². The highest BCUT2D eigenvalue weighted by Gasteiger charge is 2.07. The van der Waals surface area contributed by atoms with Gasteiger partial charge >= 0.3 is 0 Å². The second-order valence-electron chi connectivity index (χ2n) is 3.23. The van der Waals surface area contributed by atoms with Crippen LogP contribution < -0.4 is 10.6 Å². The molecule has 1 heterocycles. The van der Waals surface area contributed by atoms with Gasteiger partial charge in [0.2, 0.25) is 5.91 Å². The molecule has 1 rings (SSSR count). The van der Waals surface area contributed by atoms with Gasteiger partial charge in [-0.1, -0.05) is 0 Å². The number of hydrogen-bond donors (Lipinski definition) is 2. The Bertz CT molecular complexity index is 288.